The Labute approximate surface area is 144 Å². The molecule has 1 aromatic heterocycles. The molecule has 1 saturated carbocycles. The molecule has 0 spiro atoms. The van der Waals surface area contributed by atoms with Gasteiger partial charge in [0.05, 0.1) is 5.69 Å². The predicted octanol–water partition coefficient (Wildman–Crippen LogP) is 4.49. The molecular weight excluding hydrogens is 296 g/mol. The second kappa shape index (κ2) is 6.80. The second-order valence-electron chi connectivity index (χ2n) is 6.97. The Hall–Kier alpha value is -2.10. The SMILES string of the molecule is CCC1CCCCN1c1cc(-c2ccccc2)nc(NC2CC2)n1. The maximum atomic E-state index is 4.86. The Morgan fingerprint density at radius 2 is 1.92 bits per heavy atom. The monoisotopic (exact) mass is 322 g/mol. The smallest absolute Gasteiger partial charge is 0.225 e. The molecule has 1 N–H and O–H groups in total. The van der Waals surface area contributed by atoms with Crippen molar-refractivity contribution in [2.45, 2.75) is 57.5 Å². The summed E-state index contributed by atoms with van der Waals surface area (Å²) in [5.74, 6) is 1.87. The zero-order valence-electron chi connectivity index (χ0n) is 14.4. The van der Waals surface area contributed by atoms with Crippen molar-refractivity contribution >= 4 is 11.8 Å². The minimum Gasteiger partial charge on any atom is -0.353 e. The topological polar surface area (TPSA) is 41.1 Å². The molecule has 4 heteroatoms. The largest absolute Gasteiger partial charge is 0.353 e. The van der Waals surface area contributed by atoms with Gasteiger partial charge in [0.1, 0.15) is 5.82 Å². The number of anilines is 2. The lowest BCUT2D eigenvalue weighted by atomic mass is 10.00. The van der Waals surface area contributed by atoms with Crippen LogP contribution in [0.25, 0.3) is 11.3 Å². The lowest BCUT2D eigenvalue weighted by molar-refractivity contribution is 0.447. The Kier molecular flexibility index (Phi) is 4.37. The van der Waals surface area contributed by atoms with Crippen LogP contribution in [0.5, 0.6) is 0 Å². The fraction of sp³-hybridized carbons (Fsp3) is 0.500. The number of aromatic nitrogens is 2. The van der Waals surface area contributed by atoms with E-state index in [1.54, 1.807) is 0 Å². The first kappa shape index (κ1) is 15.4. The van der Waals surface area contributed by atoms with Crippen molar-refractivity contribution in [2.75, 3.05) is 16.8 Å². The molecule has 4 rings (SSSR count). The van der Waals surface area contributed by atoms with E-state index in [2.05, 4.69) is 47.5 Å². The molecule has 0 amide bonds. The zero-order valence-corrected chi connectivity index (χ0v) is 14.4. The van der Waals surface area contributed by atoms with E-state index in [0.29, 0.717) is 12.1 Å². The lowest BCUT2D eigenvalue weighted by Gasteiger charge is -2.36. The molecule has 1 atom stereocenters. The van der Waals surface area contributed by atoms with Crippen molar-refractivity contribution in [2.24, 2.45) is 0 Å². The molecule has 0 radical (unpaired) electrons. The Morgan fingerprint density at radius 3 is 2.67 bits per heavy atom. The Morgan fingerprint density at radius 1 is 1.08 bits per heavy atom. The molecule has 1 aliphatic carbocycles. The van der Waals surface area contributed by atoms with Gasteiger partial charge < -0.3 is 10.2 Å². The normalized spacial score (nSPS) is 20.9. The summed E-state index contributed by atoms with van der Waals surface area (Å²) >= 11 is 0. The molecule has 24 heavy (non-hydrogen) atoms. The first-order valence-corrected chi connectivity index (χ1v) is 9.31. The molecular formula is C20H26N4. The molecule has 4 nitrogen and oxygen atoms in total. The van der Waals surface area contributed by atoms with E-state index in [9.17, 15) is 0 Å². The van der Waals surface area contributed by atoms with Crippen LogP contribution in [0.4, 0.5) is 11.8 Å². The molecule has 2 aliphatic rings. The quantitative estimate of drug-likeness (QED) is 0.881. The summed E-state index contributed by atoms with van der Waals surface area (Å²) in [6.45, 7) is 3.39. The highest BCUT2D eigenvalue weighted by Gasteiger charge is 2.25. The molecule has 2 heterocycles. The van der Waals surface area contributed by atoms with E-state index in [-0.39, 0.29) is 0 Å². The number of piperidine rings is 1. The average molecular weight is 322 g/mol. The summed E-state index contributed by atoms with van der Waals surface area (Å²) < 4.78 is 0. The molecule has 0 bridgehead atoms. The van der Waals surface area contributed by atoms with Gasteiger partial charge in [-0.05, 0) is 38.5 Å². The van der Waals surface area contributed by atoms with Crippen LogP contribution in [-0.4, -0.2) is 28.6 Å². The van der Waals surface area contributed by atoms with Crippen LogP contribution in [0.2, 0.25) is 0 Å². The van der Waals surface area contributed by atoms with Crippen LogP contribution in [0.1, 0.15) is 45.4 Å². The van der Waals surface area contributed by atoms with E-state index < -0.39 is 0 Å². The van der Waals surface area contributed by atoms with Crippen molar-refractivity contribution < 1.29 is 0 Å². The highest BCUT2D eigenvalue weighted by molar-refractivity contribution is 5.65. The number of hydrogen-bond acceptors (Lipinski definition) is 4. The average Bonchev–Trinajstić information content (AvgIpc) is 3.46. The number of nitrogens with zero attached hydrogens (tertiary/aromatic N) is 3. The van der Waals surface area contributed by atoms with Crippen LogP contribution in [0, 0.1) is 0 Å². The third kappa shape index (κ3) is 3.37. The summed E-state index contributed by atoms with van der Waals surface area (Å²) in [7, 11) is 0. The molecule has 1 saturated heterocycles. The maximum absolute atomic E-state index is 4.86. The lowest BCUT2D eigenvalue weighted by Crippen LogP contribution is -2.39. The van der Waals surface area contributed by atoms with Gasteiger partial charge in [-0.15, -0.1) is 0 Å². The molecule has 1 aromatic carbocycles. The van der Waals surface area contributed by atoms with Crippen molar-refractivity contribution in [3.63, 3.8) is 0 Å². The maximum Gasteiger partial charge on any atom is 0.225 e. The summed E-state index contributed by atoms with van der Waals surface area (Å²) in [6, 6.07) is 13.8. The highest BCUT2D eigenvalue weighted by Crippen LogP contribution is 2.30. The van der Waals surface area contributed by atoms with Crippen molar-refractivity contribution in [1.29, 1.82) is 0 Å². The number of rotatable bonds is 5. The van der Waals surface area contributed by atoms with E-state index in [0.717, 1.165) is 29.6 Å². The van der Waals surface area contributed by atoms with Gasteiger partial charge in [0.2, 0.25) is 5.95 Å². The van der Waals surface area contributed by atoms with Crippen LogP contribution in [-0.2, 0) is 0 Å². The minimum atomic E-state index is 0.562. The molecule has 2 fully saturated rings. The third-order valence-electron chi connectivity index (χ3n) is 5.09. The van der Waals surface area contributed by atoms with Gasteiger partial charge in [-0.3, -0.25) is 0 Å². The number of benzene rings is 1. The predicted molar refractivity (Wildman–Crippen MR) is 99.4 cm³/mol. The van der Waals surface area contributed by atoms with Gasteiger partial charge in [-0.2, -0.15) is 4.98 Å². The summed E-state index contributed by atoms with van der Waals surface area (Å²) in [4.78, 5) is 12.1. The second-order valence-corrected chi connectivity index (χ2v) is 6.97. The van der Waals surface area contributed by atoms with Crippen LogP contribution < -0.4 is 10.2 Å². The van der Waals surface area contributed by atoms with Crippen molar-refractivity contribution in [3.8, 4) is 11.3 Å². The van der Waals surface area contributed by atoms with E-state index in [1.165, 1.54) is 38.5 Å². The van der Waals surface area contributed by atoms with Crippen LogP contribution in [0.3, 0.4) is 0 Å². The van der Waals surface area contributed by atoms with Gasteiger partial charge in [-0.1, -0.05) is 37.3 Å². The summed E-state index contributed by atoms with van der Waals surface area (Å²) in [6.07, 6.45) is 7.50. The molecule has 2 aromatic rings. The zero-order chi connectivity index (χ0) is 16.4. The Balaban J connectivity index is 1.71. The fourth-order valence-electron chi connectivity index (χ4n) is 3.54. The minimum absolute atomic E-state index is 0.562. The van der Waals surface area contributed by atoms with Crippen molar-refractivity contribution in [3.05, 3.63) is 36.4 Å². The van der Waals surface area contributed by atoms with E-state index in [4.69, 9.17) is 9.97 Å². The standard InChI is InChI=1S/C20H26N4/c1-2-17-10-6-7-13-24(17)19-14-18(15-8-4-3-5-9-15)22-20(23-19)21-16-11-12-16/h3-5,8-9,14,16-17H,2,6-7,10-13H2,1H3,(H,21,22,23). The first-order valence-electron chi connectivity index (χ1n) is 9.31. The van der Waals surface area contributed by atoms with Crippen LogP contribution in [0.15, 0.2) is 36.4 Å². The van der Waals surface area contributed by atoms with Gasteiger partial charge in [0.25, 0.3) is 0 Å². The van der Waals surface area contributed by atoms with Gasteiger partial charge in [0, 0.05) is 30.3 Å². The van der Waals surface area contributed by atoms with E-state index in [1.807, 2.05) is 6.07 Å². The Bertz CT molecular complexity index is 681. The van der Waals surface area contributed by atoms with Crippen molar-refractivity contribution in [1.82, 2.24) is 9.97 Å². The number of hydrogen-bond donors (Lipinski definition) is 1. The van der Waals surface area contributed by atoms with Crippen LogP contribution >= 0.6 is 0 Å². The molecule has 126 valence electrons. The molecule has 1 unspecified atom stereocenters. The van der Waals surface area contributed by atoms with Gasteiger partial charge in [-0.25, -0.2) is 4.98 Å². The summed E-state index contributed by atoms with van der Waals surface area (Å²) in [5.41, 5.74) is 2.18. The summed E-state index contributed by atoms with van der Waals surface area (Å²) in [5, 5.41) is 3.49. The van der Waals surface area contributed by atoms with E-state index >= 15 is 0 Å². The van der Waals surface area contributed by atoms with Gasteiger partial charge >= 0.3 is 0 Å². The fourth-order valence-corrected chi connectivity index (χ4v) is 3.54. The number of nitrogens with one attached hydrogen (secondary N) is 1. The first-order chi connectivity index (χ1) is 11.8. The highest BCUT2D eigenvalue weighted by atomic mass is 15.3. The molecule has 1 aliphatic heterocycles. The third-order valence-corrected chi connectivity index (χ3v) is 5.09. The van der Waals surface area contributed by atoms with Gasteiger partial charge in [0.15, 0.2) is 0 Å².